The number of nitrogens with one attached hydrogen (secondary N) is 1. The molecule has 0 saturated carbocycles. The van der Waals surface area contributed by atoms with Gasteiger partial charge in [-0.25, -0.2) is 4.98 Å². The van der Waals surface area contributed by atoms with Crippen LogP contribution >= 0.6 is 0 Å². The molecule has 1 N–H and O–H groups in total. The van der Waals surface area contributed by atoms with E-state index in [1.54, 1.807) is 25.1 Å². The number of hydrogen-bond donors (Lipinski definition) is 1. The van der Waals surface area contributed by atoms with Gasteiger partial charge < -0.3 is 9.73 Å². The second-order valence-corrected chi connectivity index (χ2v) is 9.82. The maximum atomic E-state index is 13.7. The number of nitrogens with zero attached hydrogens (tertiary/aromatic N) is 4. The minimum absolute atomic E-state index is 0.158. The first-order chi connectivity index (χ1) is 17.7. The molecular formula is C29H29N5O3. The Balaban J connectivity index is 1.60. The fourth-order valence-corrected chi connectivity index (χ4v) is 4.77. The molecule has 0 radical (unpaired) electrons. The summed E-state index contributed by atoms with van der Waals surface area (Å²) in [6, 6.07) is 16.0. The van der Waals surface area contributed by atoms with Crippen LogP contribution in [0, 0.1) is 26.7 Å². The fourth-order valence-electron chi connectivity index (χ4n) is 4.77. The Hall–Kier alpha value is -4.33. The van der Waals surface area contributed by atoms with Gasteiger partial charge in [-0.1, -0.05) is 50.2 Å². The van der Waals surface area contributed by atoms with E-state index < -0.39 is 6.04 Å². The third-order valence-electron chi connectivity index (χ3n) is 6.47. The molecule has 5 rings (SSSR count). The van der Waals surface area contributed by atoms with Crippen molar-refractivity contribution in [3.63, 3.8) is 0 Å². The number of benzene rings is 2. The molecule has 0 aliphatic rings. The van der Waals surface area contributed by atoms with Crippen molar-refractivity contribution in [1.82, 2.24) is 24.9 Å². The lowest BCUT2D eigenvalue weighted by atomic mass is 10.0. The lowest BCUT2D eigenvalue weighted by Gasteiger charge is -2.20. The fraction of sp³-hybridized carbons (Fsp3) is 0.276. The van der Waals surface area contributed by atoms with Gasteiger partial charge in [-0.15, -0.1) is 10.2 Å². The van der Waals surface area contributed by atoms with Crippen LogP contribution in [0.15, 0.2) is 63.8 Å². The molecule has 0 saturated heterocycles. The van der Waals surface area contributed by atoms with Crippen LogP contribution in [0.5, 0.6) is 0 Å². The predicted molar refractivity (Wildman–Crippen MR) is 143 cm³/mol. The van der Waals surface area contributed by atoms with Crippen molar-refractivity contribution in [3.8, 4) is 11.3 Å². The molecule has 2 aromatic carbocycles. The van der Waals surface area contributed by atoms with Crippen molar-refractivity contribution in [3.05, 3.63) is 93.2 Å². The van der Waals surface area contributed by atoms with Gasteiger partial charge in [0.1, 0.15) is 5.76 Å². The predicted octanol–water partition coefficient (Wildman–Crippen LogP) is 5.34. The topological polar surface area (TPSA) is 102 Å². The third kappa shape index (κ3) is 4.50. The molecule has 5 aromatic rings. The molecule has 0 fully saturated rings. The highest BCUT2D eigenvalue weighted by Gasteiger charge is 2.25. The Morgan fingerprint density at radius 1 is 1.03 bits per heavy atom. The molecule has 1 atom stereocenters. The number of fused-ring (bicyclic) bond motifs is 2. The van der Waals surface area contributed by atoms with Crippen molar-refractivity contribution in [2.75, 3.05) is 0 Å². The Morgan fingerprint density at radius 3 is 2.51 bits per heavy atom. The molecule has 1 amide bonds. The SMILES string of the molecule is Cc1cc(C)n2c([C@@H](CC(C)C)NC(=O)c3cccc4c(=O)c(C)c(-c5ccccc5)oc34)nnc2n1. The van der Waals surface area contributed by atoms with Crippen LogP contribution in [0.2, 0.25) is 0 Å². The minimum Gasteiger partial charge on any atom is -0.455 e. The zero-order valence-electron chi connectivity index (χ0n) is 21.6. The van der Waals surface area contributed by atoms with Crippen molar-refractivity contribution >= 4 is 22.7 Å². The first-order valence-electron chi connectivity index (χ1n) is 12.4. The van der Waals surface area contributed by atoms with Gasteiger partial charge in [-0.05, 0) is 51.3 Å². The summed E-state index contributed by atoms with van der Waals surface area (Å²) in [7, 11) is 0. The highest BCUT2D eigenvalue weighted by Crippen LogP contribution is 2.28. The summed E-state index contributed by atoms with van der Waals surface area (Å²) in [5, 5.41) is 12.2. The first kappa shape index (κ1) is 24.4. The second-order valence-electron chi connectivity index (χ2n) is 9.82. The number of carbonyl (C=O) groups excluding carboxylic acids is 1. The smallest absolute Gasteiger partial charge is 0.255 e. The van der Waals surface area contributed by atoms with Crippen LogP contribution < -0.4 is 10.7 Å². The normalized spacial score (nSPS) is 12.4. The molecule has 188 valence electrons. The molecule has 3 aromatic heterocycles. The van der Waals surface area contributed by atoms with Crippen LogP contribution in [0.4, 0.5) is 0 Å². The first-order valence-corrected chi connectivity index (χ1v) is 12.4. The second kappa shape index (κ2) is 9.61. The number of amides is 1. The number of aromatic nitrogens is 4. The quantitative estimate of drug-likeness (QED) is 0.341. The zero-order chi connectivity index (χ0) is 26.3. The number of hydrogen-bond acceptors (Lipinski definition) is 6. The molecular weight excluding hydrogens is 466 g/mol. The van der Waals surface area contributed by atoms with Crippen LogP contribution in [-0.2, 0) is 0 Å². The monoisotopic (exact) mass is 495 g/mol. The van der Waals surface area contributed by atoms with Gasteiger partial charge in [-0.3, -0.25) is 14.0 Å². The van der Waals surface area contributed by atoms with E-state index in [9.17, 15) is 9.59 Å². The molecule has 3 heterocycles. The van der Waals surface area contributed by atoms with Gasteiger partial charge in [-0.2, -0.15) is 0 Å². The summed E-state index contributed by atoms with van der Waals surface area (Å²) >= 11 is 0. The van der Waals surface area contributed by atoms with Gasteiger partial charge in [0.2, 0.25) is 0 Å². The molecule has 0 aliphatic heterocycles. The standard InChI is InChI=1S/C29H29N5O3/c1-16(2)14-23(27-32-33-29-30-17(3)15-18(4)34(27)29)31-28(36)22-13-9-12-21-24(35)19(5)25(37-26(21)22)20-10-7-6-8-11-20/h6-13,15-16,23H,14H2,1-5H3,(H,31,36)/t23-/m1/s1. The van der Waals surface area contributed by atoms with Crippen LogP contribution in [0.1, 0.15) is 59.4 Å². The van der Waals surface area contributed by atoms with Gasteiger partial charge in [0.05, 0.1) is 17.0 Å². The third-order valence-corrected chi connectivity index (χ3v) is 6.47. The van der Waals surface area contributed by atoms with Gasteiger partial charge >= 0.3 is 0 Å². The Morgan fingerprint density at radius 2 is 1.78 bits per heavy atom. The number of carbonyl (C=O) groups is 1. The molecule has 0 bridgehead atoms. The highest BCUT2D eigenvalue weighted by atomic mass is 16.3. The summed E-state index contributed by atoms with van der Waals surface area (Å²) in [6.45, 7) is 9.80. The molecule has 0 unspecified atom stereocenters. The largest absolute Gasteiger partial charge is 0.455 e. The molecule has 0 spiro atoms. The molecule has 8 nitrogen and oxygen atoms in total. The molecule has 0 aliphatic carbocycles. The van der Waals surface area contributed by atoms with E-state index in [1.807, 2.05) is 54.6 Å². The van der Waals surface area contributed by atoms with Crippen LogP contribution in [-0.4, -0.2) is 25.5 Å². The summed E-state index contributed by atoms with van der Waals surface area (Å²) in [6.07, 6.45) is 0.642. The van der Waals surface area contributed by atoms with Crippen molar-refractivity contribution in [2.45, 2.75) is 47.1 Å². The van der Waals surface area contributed by atoms with E-state index in [0.29, 0.717) is 40.3 Å². The van der Waals surface area contributed by atoms with Crippen LogP contribution in [0.25, 0.3) is 28.1 Å². The maximum Gasteiger partial charge on any atom is 0.255 e. The Labute approximate surface area is 214 Å². The van der Waals surface area contributed by atoms with Crippen LogP contribution in [0.3, 0.4) is 0 Å². The van der Waals surface area contributed by atoms with E-state index in [2.05, 4.69) is 34.3 Å². The number of aryl methyl sites for hydroxylation is 2. The summed E-state index contributed by atoms with van der Waals surface area (Å²) < 4.78 is 8.14. The number of rotatable bonds is 6. The molecule has 37 heavy (non-hydrogen) atoms. The maximum absolute atomic E-state index is 13.7. The van der Waals surface area contributed by atoms with E-state index >= 15 is 0 Å². The lowest BCUT2D eigenvalue weighted by Crippen LogP contribution is -2.31. The average molecular weight is 496 g/mol. The molecule has 8 heteroatoms. The average Bonchev–Trinajstić information content (AvgIpc) is 3.30. The Kier molecular flexibility index (Phi) is 6.33. The van der Waals surface area contributed by atoms with E-state index in [0.717, 1.165) is 17.0 Å². The zero-order valence-corrected chi connectivity index (χ0v) is 21.6. The Bertz CT molecular complexity index is 1690. The minimum atomic E-state index is -0.424. The summed E-state index contributed by atoms with van der Waals surface area (Å²) in [5.74, 6) is 1.49. The lowest BCUT2D eigenvalue weighted by molar-refractivity contribution is 0.0930. The highest BCUT2D eigenvalue weighted by molar-refractivity contribution is 6.05. The van der Waals surface area contributed by atoms with Gasteiger partial charge in [0.15, 0.2) is 16.8 Å². The van der Waals surface area contributed by atoms with E-state index in [1.165, 1.54) is 0 Å². The summed E-state index contributed by atoms with van der Waals surface area (Å²) in [4.78, 5) is 31.4. The van der Waals surface area contributed by atoms with Gasteiger partial charge in [0, 0.05) is 22.5 Å². The number of para-hydroxylation sites is 1. The van der Waals surface area contributed by atoms with Crippen molar-refractivity contribution < 1.29 is 9.21 Å². The summed E-state index contributed by atoms with van der Waals surface area (Å²) in [5.41, 5.74) is 3.46. The van der Waals surface area contributed by atoms with Gasteiger partial charge in [0.25, 0.3) is 11.7 Å². The van der Waals surface area contributed by atoms with Crippen molar-refractivity contribution in [2.24, 2.45) is 5.92 Å². The van der Waals surface area contributed by atoms with Crippen molar-refractivity contribution in [1.29, 1.82) is 0 Å². The van der Waals surface area contributed by atoms with E-state index in [-0.39, 0.29) is 22.8 Å². The van der Waals surface area contributed by atoms with E-state index in [4.69, 9.17) is 4.42 Å².